The number of ketones is 1. The number of allylic oxidation sites excluding steroid dienone is 2. The Balaban J connectivity index is 2.91. The van der Waals surface area contributed by atoms with Crippen LogP contribution in [0.3, 0.4) is 0 Å². The van der Waals surface area contributed by atoms with Crippen molar-refractivity contribution in [3.63, 3.8) is 0 Å². The number of Topliss-reactive ketones (excluding diaryl/α,β-unsaturated/α-hetero) is 1. The molecule has 6 heteroatoms. The van der Waals surface area contributed by atoms with Crippen LogP contribution in [0, 0.1) is 40.1 Å². The molecule has 18 heavy (non-hydrogen) atoms. The maximum Gasteiger partial charge on any atom is 0.171 e. The zero-order valence-corrected chi connectivity index (χ0v) is 8.72. The van der Waals surface area contributed by atoms with Crippen molar-refractivity contribution >= 4 is 11.4 Å². The monoisotopic (exact) mass is 248 g/mol. The van der Waals surface area contributed by atoms with Gasteiger partial charge >= 0.3 is 0 Å². The van der Waals surface area contributed by atoms with Crippen molar-refractivity contribution < 1.29 is 18.0 Å². The van der Waals surface area contributed by atoms with Crippen LogP contribution in [0.25, 0.3) is 5.57 Å². The van der Waals surface area contributed by atoms with Crippen LogP contribution in [0.15, 0.2) is 11.6 Å². The second-order valence-corrected chi connectivity index (χ2v) is 3.58. The van der Waals surface area contributed by atoms with E-state index in [2.05, 4.69) is 0 Å². The fourth-order valence-electron chi connectivity index (χ4n) is 1.86. The molecule has 0 fully saturated rings. The third-order valence-corrected chi connectivity index (χ3v) is 2.61. The topological polar surface area (TPSA) is 64.7 Å². The molecule has 2 rings (SSSR count). The quantitative estimate of drug-likeness (QED) is 0.523. The number of fused-ring (bicyclic) bond motifs is 1. The number of carbonyl (C=O) groups is 1. The molecule has 1 aliphatic carbocycles. The van der Waals surface area contributed by atoms with Crippen molar-refractivity contribution in [2.75, 3.05) is 0 Å². The predicted molar refractivity (Wildman–Crippen MR) is 53.4 cm³/mol. The first-order valence-corrected chi connectivity index (χ1v) is 4.75. The first kappa shape index (κ1) is 11.9. The highest BCUT2D eigenvalue weighted by molar-refractivity contribution is 6.13. The molecule has 0 unspecified atom stereocenters. The number of benzene rings is 1. The predicted octanol–water partition coefficient (Wildman–Crippen LogP) is 2.49. The Bertz CT molecular complexity index is 677. The van der Waals surface area contributed by atoms with E-state index in [-0.39, 0.29) is 11.6 Å². The summed E-state index contributed by atoms with van der Waals surface area (Å²) < 4.78 is 40.1. The van der Waals surface area contributed by atoms with Gasteiger partial charge in [0.15, 0.2) is 17.4 Å². The molecule has 0 saturated carbocycles. The number of carbonyl (C=O) groups excluding carboxylic acids is 1. The average Bonchev–Trinajstić information content (AvgIpc) is 2.66. The molecule has 0 aliphatic heterocycles. The standard InChI is InChI=1S/C12H3F3N2O/c13-7-2-8(14)12(15)10-6(5(3-16)4-17)1-9(18)11(7)10/h2H,1H2. The van der Waals surface area contributed by atoms with Crippen LogP contribution in [0.4, 0.5) is 13.2 Å². The summed E-state index contributed by atoms with van der Waals surface area (Å²) in [6.07, 6.45) is -0.483. The molecular formula is C12H3F3N2O. The molecule has 0 radical (unpaired) electrons. The summed E-state index contributed by atoms with van der Waals surface area (Å²) in [5.74, 6) is -4.86. The number of halogens is 3. The minimum atomic E-state index is -1.46. The Morgan fingerprint density at radius 3 is 2.28 bits per heavy atom. The normalized spacial score (nSPS) is 12.9. The molecule has 0 heterocycles. The highest BCUT2D eigenvalue weighted by Crippen LogP contribution is 2.38. The number of hydrogen-bond acceptors (Lipinski definition) is 3. The van der Waals surface area contributed by atoms with Gasteiger partial charge < -0.3 is 0 Å². The van der Waals surface area contributed by atoms with Crippen LogP contribution in [-0.4, -0.2) is 5.78 Å². The molecule has 88 valence electrons. The van der Waals surface area contributed by atoms with Gasteiger partial charge in [-0.15, -0.1) is 0 Å². The average molecular weight is 248 g/mol. The van der Waals surface area contributed by atoms with Crippen molar-refractivity contribution in [3.8, 4) is 12.1 Å². The van der Waals surface area contributed by atoms with Gasteiger partial charge in [-0.3, -0.25) is 4.79 Å². The van der Waals surface area contributed by atoms with Crippen molar-refractivity contribution in [3.05, 3.63) is 40.2 Å². The van der Waals surface area contributed by atoms with Gasteiger partial charge in [0, 0.05) is 18.1 Å². The fraction of sp³-hybridized carbons (Fsp3) is 0.0833. The molecule has 0 atom stereocenters. The van der Waals surface area contributed by atoms with E-state index < -0.39 is 46.4 Å². The maximum atomic E-state index is 13.6. The summed E-state index contributed by atoms with van der Waals surface area (Å²) in [6.45, 7) is 0. The first-order chi connectivity index (χ1) is 8.51. The molecular weight excluding hydrogens is 245 g/mol. The van der Waals surface area contributed by atoms with E-state index in [1.54, 1.807) is 0 Å². The Morgan fingerprint density at radius 2 is 1.72 bits per heavy atom. The lowest BCUT2D eigenvalue weighted by molar-refractivity contribution is 0.100. The van der Waals surface area contributed by atoms with Gasteiger partial charge in [-0.2, -0.15) is 10.5 Å². The largest absolute Gasteiger partial charge is 0.294 e. The zero-order valence-electron chi connectivity index (χ0n) is 8.72. The number of nitrogens with zero attached hydrogens (tertiary/aromatic N) is 2. The summed E-state index contributed by atoms with van der Waals surface area (Å²) in [4.78, 5) is 11.5. The van der Waals surface area contributed by atoms with E-state index in [0.717, 1.165) is 0 Å². The van der Waals surface area contributed by atoms with E-state index in [0.29, 0.717) is 0 Å². The van der Waals surface area contributed by atoms with Gasteiger partial charge in [0.1, 0.15) is 23.5 Å². The molecule has 1 aromatic rings. The number of hydrogen-bond donors (Lipinski definition) is 0. The SMILES string of the molecule is N#CC(C#N)=C1CC(=O)c2c(F)cc(F)c(F)c21. The fourth-order valence-corrected chi connectivity index (χ4v) is 1.86. The molecule has 0 aromatic heterocycles. The van der Waals surface area contributed by atoms with Crippen molar-refractivity contribution in [1.29, 1.82) is 10.5 Å². The zero-order chi connectivity index (χ0) is 13.4. The highest BCUT2D eigenvalue weighted by atomic mass is 19.2. The molecule has 3 nitrogen and oxygen atoms in total. The van der Waals surface area contributed by atoms with E-state index in [9.17, 15) is 18.0 Å². The van der Waals surface area contributed by atoms with E-state index in [4.69, 9.17) is 10.5 Å². The van der Waals surface area contributed by atoms with Crippen molar-refractivity contribution in [2.24, 2.45) is 0 Å². The highest BCUT2D eigenvalue weighted by Gasteiger charge is 2.34. The van der Waals surface area contributed by atoms with Gasteiger partial charge in [-0.1, -0.05) is 0 Å². The number of rotatable bonds is 0. The summed E-state index contributed by atoms with van der Waals surface area (Å²) in [5.41, 5.74) is -2.01. The third-order valence-electron chi connectivity index (χ3n) is 2.61. The molecule has 0 saturated heterocycles. The van der Waals surface area contributed by atoms with Crippen LogP contribution in [0.5, 0.6) is 0 Å². The smallest absolute Gasteiger partial charge is 0.171 e. The lowest BCUT2D eigenvalue weighted by Crippen LogP contribution is -2.01. The van der Waals surface area contributed by atoms with Crippen LogP contribution in [0.1, 0.15) is 22.3 Å². The van der Waals surface area contributed by atoms with Gasteiger partial charge in [0.05, 0.1) is 5.56 Å². The van der Waals surface area contributed by atoms with Crippen LogP contribution in [0.2, 0.25) is 0 Å². The summed E-state index contributed by atoms with van der Waals surface area (Å²) in [6, 6.07) is 3.22. The van der Waals surface area contributed by atoms with Gasteiger partial charge in [0.2, 0.25) is 0 Å². The van der Waals surface area contributed by atoms with Crippen molar-refractivity contribution in [2.45, 2.75) is 6.42 Å². The van der Waals surface area contributed by atoms with Crippen LogP contribution in [-0.2, 0) is 0 Å². The van der Waals surface area contributed by atoms with Gasteiger partial charge in [0.25, 0.3) is 0 Å². The molecule has 0 N–H and O–H groups in total. The minimum Gasteiger partial charge on any atom is -0.294 e. The first-order valence-electron chi connectivity index (χ1n) is 4.75. The second-order valence-electron chi connectivity index (χ2n) is 3.58. The molecule has 0 amide bonds. The van der Waals surface area contributed by atoms with Crippen molar-refractivity contribution in [1.82, 2.24) is 0 Å². The molecule has 1 aromatic carbocycles. The van der Waals surface area contributed by atoms with Gasteiger partial charge in [-0.05, 0) is 5.57 Å². The minimum absolute atomic E-state index is 0.268. The molecule has 1 aliphatic rings. The summed E-state index contributed by atoms with van der Waals surface area (Å²) in [7, 11) is 0. The lowest BCUT2D eigenvalue weighted by Gasteiger charge is -2.04. The van der Waals surface area contributed by atoms with Crippen LogP contribution < -0.4 is 0 Å². The Hall–Kier alpha value is -2.60. The van der Waals surface area contributed by atoms with E-state index >= 15 is 0 Å². The third kappa shape index (κ3) is 1.47. The van der Waals surface area contributed by atoms with E-state index in [1.165, 1.54) is 12.1 Å². The summed E-state index contributed by atoms with van der Waals surface area (Å²) >= 11 is 0. The summed E-state index contributed by atoms with van der Waals surface area (Å²) in [5, 5.41) is 17.4. The Morgan fingerprint density at radius 1 is 1.11 bits per heavy atom. The Kier molecular flexibility index (Phi) is 2.64. The van der Waals surface area contributed by atoms with E-state index in [1.807, 2.05) is 0 Å². The van der Waals surface area contributed by atoms with Gasteiger partial charge in [-0.25, -0.2) is 13.2 Å². The molecule has 0 spiro atoms. The lowest BCUT2D eigenvalue weighted by atomic mass is 10.0. The second kappa shape index (κ2) is 4.01. The maximum absolute atomic E-state index is 13.6. The number of nitriles is 2. The Labute approximate surface area is 99.4 Å². The molecule has 0 bridgehead atoms. The van der Waals surface area contributed by atoms with Crippen LogP contribution >= 0.6 is 0 Å².